The van der Waals surface area contributed by atoms with Gasteiger partial charge in [0.2, 0.25) is 0 Å². The topological polar surface area (TPSA) is 69.8 Å². The Kier molecular flexibility index (Phi) is 4.68. The highest BCUT2D eigenvalue weighted by Crippen LogP contribution is 2.24. The average Bonchev–Trinajstić information content (AvgIpc) is 2.95. The normalized spacial score (nSPS) is 15.8. The van der Waals surface area contributed by atoms with Gasteiger partial charge in [0.25, 0.3) is 5.91 Å². The minimum Gasteiger partial charge on any atom is -0.507 e. The molecule has 0 atom stereocenters. The first-order chi connectivity index (χ1) is 11.0. The minimum atomic E-state index is -0.140. The minimum absolute atomic E-state index is 0.0118. The Morgan fingerprint density at radius 3 is 2.70 bits per heavy atom. The van der Waals surface area contributed by atoms with Crippen LogP contribution >= 0.6 is 15.9 Å². The average molecular weight is 380 g/mol. The first-order valence-electron chi connectivity index (χ1n) is 7.45. The molecular weight excluding hydrogens is 362 g/mol. The number of carbonyl (C=O) groups excluding carboxylic acids is 1. The van der Waals surface area contributed by atoms with Gasteiger partial charge >= 0.3 is 0 Å². The standard InChI is InChI=1S/C16H18BrN3O3/c1-11-8-13(23-18-11)10-19-4-6-20(7-5-19)16(22)14-9-12(17)2-3-15(14)21/h2-3,8-9,21H,4-7,10H2,1H3. The number of carbonyl (C=O) groups is 1. The van der Waals surface area contributed by atoms with Crippen LogP contribution in [0.1, 0.15) is 21.8 Å². The summed E-state index contributed by atoms with van der Waals surface area (Å²) in [6.45, 7) is 5.37. The molecule has 1 aromatic heterocycles. The zero-order valence-corrected chi connectivity index (χ0v) is 14.4. The number of aromatic hydroxyl groups is 1. The van der Waals surface area contributed by atoms with E-state index in [1.807, 2.05) is 13.0 Å². The highest BCUT2D eigenvalue weighted by molar-refractivity contribution is 9.10. The maximum absolute atomic E-state index is 12.5. The van der Waals surface area contributed by atoms with Crippen molar-refractivity contribution in [3.05, 3.63) is 45.8 Å². The molecule has 122 valence electrons. The van der Waals surface area contributed by atoms with Crippen molar-refractivity contribution in [3.8, 4) is 5.75 Å². The number of benzene rings is 1. The van der Waals surface area contributed by atoms with Crippen LogP contribution in [0.4, 0.5) is 0 Å². The van der Waals surface area contributed by atoms with E-state index < -0.39 is 0 Å². The van der Waals surface area contributed by atoms with E-state index in [9.17, 15) is 9.90 Å². The quantitative estimate of drug-likeness (QED) is 0.886. The molecule has 7 heteroatoms. The molecule has 0 aliphatic carbocycles. The molecule has 0 radical (unpaired) electrons. The van der Waals surface area contributed by atoms with Crippen LogP contribution in [-0.2, 0) is 6.54 Å². The number of phenols is 1. The molecule has 0 saturated carbocycles. The number of piperazine rings is 1. The summed E-state index contributed by atoms with van der Waals surface area (Å²) in [6, 6.07) is 6.82. The summed E-state index contributed by atoms with van der Waals surface area (Å²) in [5, 5.41) is 13.8. The third-order valence-electron chi connectivity index (χ3n) is 3.90. The fourth-order valence-corrected chi connectivity index (χ4v) is 3.03. The number of aryl methyl sites for hydroxylation is 1. The lowest BCUT2D eigenvalue weighted by atomic mass is 10.1. The molecule has 1 fully saturated rings. The van der Waals surface area contributed by atoms with Crippen molar-refractivity contribution in [2.24, 2.45) is 0 Å². The predicted octanol–water partition coefficient (Wildman–Crippen LogP) is 2.41. The van der Waals surface area contributed by atoms with E-state index in [0.717, 1.165) is 29.0 Å². The fraction of sp³-hybridized carbons (Fsp3) is 0.375. The number of hydrogen-bond acceptors (Lipinski definition) is 5. The number of nitrogens with zero attached hydrogens (tertiary/aromatic N) is 3. The van der Waals surface area contributed by atoms with Gasteiger partial charge in [-0.25, -0.2) is 0 Å². The Bertz CT molecular complexity index is 708. The highest BCUT2D eigenvalue weighted by Gasteiger charge is 2.24. The lowest BCUT2D eigenvalue weighted by Crippen LogP contribution is -2.48. The summed E-state index contributed by atoms with van der Waals surface area (Å²) < 4.78 is 6.00. The molecule has 3 rings (SSSR count). The van der Waals surface area contributed by atoms with Crippen LogP contribution in [-0.4, -0.2) is 52.1 Å². The number of halogens is 1. The van der Waals surface area contributed by atoms with Crippen LogP contribution in [0.2, 0.25) is 0 Å². The Morgan fingerprint density at radius 2 is 2.04 bits per heavy atom. The number of phenolic OH excluding ortho intramolecular Hbond substituents is 1. The van der Waals surface area contributed by atoms with Crippen molar-refractivity contribution >= 4 is 21.8 Å². The fourth-order valence-electron chi connectivity index (χ4n) is 2.67. The molecule has 0 spiro atoms. The molecule has 1 amide bonds. The Morgan fingerprint density at radius 1 is 1.30 bits per heavy atom. The molecule has 1 aliphatic rings. The van der Waals surface area contributed by atoms with E-state index in [0.29, 0.717) is 25.2 Å². The molecular formula is C16H18BrN3O3. The van der Waals surface area contributed by atoms with Crippen molar-refractivity contribution in [2.45, 2.75) is 13.5 Å². The van der Waals surface area contributed by atoms with Gasteiger partial charge in [0.05, 0.1) is 17.8 Å². The molecule has 1 aliphatic heterocycles. The third kappa shape index (κ3) is 3.73. The van der Waals surface area contributed by atoms with Gasteiger partial charge < -0.3 is 14.5 Å². The molecule has 0 bridgehead atoms. The van der Waals surface area contributed by atoms with Crippen LogP contribution < -0.4 is 0 Å². The lowest BCUT2D eigenvalue weighted by molar-refractivity contribution is 0.0614. The summed E-state index contributed by atoms with van der Waals surface area (Å²) >= 11 is 3.33. The zero-order chi connectivity index (χ0) is 16.4. The van der Waals surface area contributed by atoms with E-state index in [1.165, 1.54) is 6.07 Å². The van der Waals surface area contributed by atoms with Crippen LogP contribution in [0, 0.1) is 6.92 Å². The summed E-state index contributed by atoms with van der Waals surface area (Å²) in [6.07, 6.45) is 0. The highest BCUT2D eigenvalue weighted by atomic mass is 79.9. The van der Waals surface area contributed by atoms with E-state index >= 15 is 0 Å². The van der Waals surface area contributed by atoms with Gasteiger partial charge in [-0.05, 0) is 25.1 Å². The van der Waals surface area contributed by atoms with Crippen molar-refractivity contribution in [3.63, 3.8) is 0 Å². The molecule has 0 unspecified atom stereocenters. The largest absolute Gasteiger partial charge is 0.507 e. The van der Waals surface area contributed by atoms with Crippen LogP contribution in [0.5, 0.6) is 5.75 Å². The smallest absolute Gasteiger partial charge is 0.257 e. The van der Waals surface area contributed by atoms with E-state index in [1.54, 1.807) is 17.0 Å². The summed E-state index contributed by atoms with van der Waals surface area (Å²) in [5.41, 5.74) is 1.21. The molecule has 2 heterocycles. The summed E-state index contributed by atoms with van der Waals surface area (Å²) in [7, 11) is 0. The van der Waals surface area contributed by atoms with Gasteiger partial charge in [-0.2, -0.15) is 0 Å². The first kappa shape index (κ1) is 16.0. The van der Waals surface area contributed by atoms with Gasteiger partial charge in [0, 0.05) is 36.7 Å². The molecule has 1 saturated heterocycles. The molecule has 1 aromatic carbocycles. The second-order valence-electron chi connectivity index (χ2n) is 5.66. The number of amides is 1. The van der Waals surface area contributed by atoms with E-state index in [2.05, 4.69) is 26.0 Å². The second kappa shape index (κ2) is 6.72. The van der Waals surface area contributed by atoms with Crippen molar-refractivity contribution in [2.75, 3.05) is 26.2 Å². The number of rotatable bonds is 3. The predicted molar refractivity (Wildman–Crippen MR) is 88.2 cm³/mol. The molecule has 1 N–H and O–H groups in total. The SMILES string of the molecule is Cc1cc(CN2CCN(C(=O)c3cc(Br)ccc3O)CC2)on1. The van der Waals surface area contributed by atoms with Crippen molar-refractivity contribution < 1.29 is 14.4 Å². The van der Waals surface area contributed by atoms with Gasteiger partial charge in [0.15, 0.2) is 5.76 Å². The van der Waals surface area contributed by atoms with E-state index in [4.69, 9.17) is 4.52 Å². The number of aromatic nitrogens is 1. The molecule has 23 heavy (non-hydrogen) atoms. The second-order valence-corrected chi connectivity index (χ2v) is 6.58. The van der Waals surface area contributed by atoms with Crippen molar-refractivity contribution in [1.29, 1.82) is 0 Å². The maximum Gasteiger partial charge on any atom is 0.257 e. The molecule has 6 nitrogen and oxygen atoms in total. The van der Waals surface area contributed by atoms with E-state index in [-0.39, 0.29) is 11.7 Å². The number of hydrogen-bond donors (Lipinski definition) is 1. The zero-order valence-electron chi connectivity index (χ0n) is 12.8. The van der Waals surface area contributed by atoms with Crippen molar-refractivity contribution in [1.82, 2.24) is 15.0 Å². The Labute approximate surface area is 142 Å². The third-order valence-corrected chi connectivity index (χ3v) is 4.40. The first-order valence-corrected chi connectivity index (χ1v) is 8.24. The van der Waals surface area contributed by atoms with Crippen LogP contribution in [0.25, 0.3) is 0 Å². The maximum atomic E-state index is 12.5. The van der Waals surface area contributed by atoms with Gasteiger partial charge in [-0.3, -0.25) is 9.69 Å². The van der Waals surface area contributed by atoms with Crippen LogP contribution in [0.3, 0.4) is 0 Å². The Hall–Kier alpha value is -1.86. The lowest BCUT2D eigenvalue weighted by Gasteiger charge is -2.34. The van der Waals surface area contributed by atoms with Gasteiger partial charge in [-0.1, -0.05) is 21.1 Å². The monoisotopic (exact) mass is 379 g/mol. The molecule has 2 aromatic rings. The van der Waals surface area contributed by atoms with Gasteiger partial charge in [-0.15, -0.1) is 0 Å². The summed E-state index contributed by atoms with van der Waals surface area (Å²) in [5.74, 6) is 0.712. The Balaban J connectivity index is 1.60. The van der Waals surface area contributed by atoms with Crippen LogP contribution in [0.15, 0.2) is 33.3 Å². The summed E-state index contributed by atoms with van der Waals surface area (Å²) in [4.78, 5) is 16.5. The van der Waals surface area contributed by atoms with Gasteiger partial charge in [0.1, 0.15) is 5.75 Å².